The molecule has 12 heteroatoms. The number of carbonyl (C=O) groups excluding carboxylic acids is 1. The molecule has 0 spiro atoms. The minimum atomic E-state index is -4.78. The lowest BCUT2D eigenvalue weighted by atomic mass is 10.1. The zero-order valence-electron chi connectivity index (χ0n) is 17.7. The predicted octanol–water partition coefficient (Wildman–Crippen LogP) is 4.48. The normalized spacial score (nSPS) is 12.7. The summed E-state index contributed by atoms with van der Waals surface area (Å²) in [7, 11) is 3.78. The third kappa shape index (κ3) is 6.18. The van der Waals surface area contributed by atoms with Crippen LogP contribution >= 0.6 is 23.7 Å². The monoisotopic (exact) mass is 503 g/mol. The molecule has 0 fully saturated rings. The van der Waals surface area contributed by atoms with Crippen molar-refractivity contribution in [3.8, 4) is 17.2 Å². The van der Waals surface area contributed by atoms with E-state index in [9.17, 15) is 18.0 Å². The largest absolute Gasteiger partial charge is 0.573 e. The van der Waals surface area contributed by atoms with Crippen LogP contribution in [0, 0.1) is 0 Å². The van der Waals surface area contributed by atoms with Gasteiger partial charge in [0.05, 0.1) is 16.6 Å². The lowest BCUT2D eigenvalue weighted by Gasteiger charge is -2.22. The summed E-state index contributed by atoms with van der Waals surface area (Å²) < 4.78 is 52.8. The van der Waals surface area contributed by atoms with Crippen molar-refractivity contribution in [1.82, 2.24) is 9.88 Å². The van der Waals surface area contributed by atoms with Gasteiger partial charge in [-0.3, -0.25) is 9.69 Å². The van der Waals surface area contributed by atoms with E-state index in [0.717, 1.165) is 16.9 Å². The molecule has 0 saturated carbocycles. The number of rotatable bonds is 7. The molecule has 2 aromatic carbocycles. The molecule has 0 atom stereocenters. The van der Waals surface area contributed by atoms with E-state index >= 15 is 0 Å². The minimum absolute atomic E-state index is 0. The van der Waals surface area contributed by atoms with E-state index in [1.165, 1.54) is 18.2 Å². The fourth-order valence-electron chi connectivity index (χ4n) is 3.15. The summed E-state index contributed by atoms with van der Waals surface area (Å²) in [5, 5.41) is 0.414. The molecule has 178 valence electrons. The van der Waals surface area contributed by atoms with Crippen LogP contribution < -0.4 is 19.1 Å². The first-order chi connectivity index (χ1) is 15.2. The molecule has 3 aromatic rings. The van der Waals surface area contributed by atoms with Gasteiger partial charge < -0.3 is 19.1 Å². The Labute approximate surface area is 198 Å². The highest BCUT2D eigenvalue weighted by atomic mass is 35.5. The maximum atomic E-state index is 13.2. The zero-order chi connectivity index (χ0) is 22.9. The number of nitrogens with zero attached hydrogens (tertiary/aromatic N) is 3. The Bertz CT molecular complexity index is 1140. The number of hydrogen-bond donors (Lipinski definition) is 0. The molecule has 1 amide bonds. The van der Waals surface area contributed by atoms with Crippen LogP contribution in [-0.4, -0.2) is 56.1 Å². The summed E-state index contributed by atoms with van der Waals surface area (Å²) in [4.78, 5) is 21.1. The summed E-state index contributed by atoms with van der Waals surface area (Å²) in [6.45, 7) is 1.11. The predicted molar refractivity (Wildman–Crippen MR) is 121 cm³/mol. The minimum Gasteiger partial charge on any atom is -0.454 e. The Hall–Kier alpha value is -2.76. The van der Waals surface area contributed by atoms with Crippen molar-refractivity contribution < 1.29 is 32.2 Å². The van der Waals surface area contributed by atoms with E-state index in [1.54, 1.807) is 23.1 Å². The Morgan fingerprint density at radius 1 is 1.12 bits per heavy atom. The van der Waals surface area contributed by atoms with E-state index in [0.29, 0.717) is 39.9 Å². The number of carbonyl (C=O) groups is 1. The summed E-state index contributed by atoms with van der Waals surface area (Å²) in [5.74, 6) is 0.712. The van der Waals surface area contributed by atoms with Gasteiger partial charge in [-0.15, -0.1) is 25.6 Å². The topological polar surface area (TPSA) is 64.1 Å². The third-order valence-corrected chi connectivity index (χ3v) is 5.72. The van der Waals surface area contributed by atoms with Crippen LogP contribution in [-0.2, 0) is 11.2 Å². The summed E-state index contributed by atoms with van der Waals surface area (Å²) in [6.07, 6.45) is -4.66. The van der Waals surface area contributed by atoms with Gasteiger partial charge >= 0.3 is 6.36 Å². The van der Waals surface area contributed by atoms with Crippen molar-refractivity contribution >= 4 is 45.0 Å². The fourth-order valence-corrected chi connectivity index (χ4v) is 4.19. The van der Waals surface area contributed by atoms with Crippen LogP contribution in [0.1, 0.15) is 5.56 Å². The highest BCUT2D eigenvalue weighted by Gasteiger charge is 2.31. The Morgan fingerprint density at radius 2 is 1.88 bits per heavy atom. The lowest BCUT2D eigenvalue weighted by Crippen LogP contribution is -2.37. The molecule has 1 aromatic heterocycles. The number of halogens is 4. The lowest BCUT2D eigenvalue weighted by molar-refractivity contribution is -0.274. The number of alkyl halides is 3. The van der Waals surface area contributed by atoms with Crippen LogP contribution in [0.5, 0.6) is 17.2 Å². The van der Waals surface area contributed by atoms with Gasteiger partial charge in [-0.25, -0.2) is 4.98 Å². The summed E-state index contributed by atoms with van der Waals surface area (Å²) in [5.41, 5.74) is 1.25. The van der Waals surface area contributed by atoms with Crippen LogP contribution in [0.25, 0.3) is 10.2 Å². The number of fused-ring (bicyclic) bond motifs is 2. The van der Waals surface area contributed by atoms with Gasteiger partial charge in [0.2, 0.25) is 12.7 Å². The van der Waals surface area contributed by atoms with Gasteiger partial charge in [0, 0.05) is 19.2 Å². The van der Waals surface area contributed by atoms with E-state index in [2.05, 4.69) is 9.72 Å². The standard InChI is InChI=1S/C21H20F3N3O4S.ClH/c1-26(2)7-8-27(19(28)10-13-3-6-16-17(9-13)30-12-29-16)20-25-15-5-4-14(11-18(15)32-20)31-21(22,23)24;/h3-6,9,11H,7-8,10,12H2,1-2H3;1H. The molecule has 7 nitrogen and oxygen atoms in total. The second kappa shape index (κ2) is 10.0. The Morgan fingerprint density at radius 3 is 2.61 bits per heavy atom. The molecule has 0 N–H and O–H groups in total. The maximum Gasteiger partial charge on any atom is 0.573 e. The molecule has 33 heavy (non-hydrogen) atoms. The molecule has 4 rings (SSSR count). The van der Waals surface area contributed by atoms with Crippen LogP contribution in [0.15, 0.2) is 36.4 Å². The maximum absolute atomic E-state index is 13.2. The molecule has 1 aliphatic heterocycles. The van der Waals surface area contributed by atoms with Gasteiger partial charge in [-0.05, 0) is 43.9 Å². The average Bonchev–Trinajstić information content (AvgIpc) is 3.32. The van der Waals surface area contributed by atoms with E-state index in [4.69, 9.17) is 9.47 Å². The molecule has 0 saturated heterocycles. The zero-order valence-corrected chi connectivity index (χ0v) is 19.4. The molecule has 1 aliphatic rings. The van der Waals surface area contributed by atoms with E-state index < -0.39 is 6.36 Å². The van der Waals surface area contributed by atoms with Crippen molar-refractivity contribution in [2.24, 2.45) is 0 Å². The fraction of sp³-hybridized carbons (Fsp3) is 0.333. The quantitative estimate of drug-likeness (QED) is 0.473. The summed E-state index contributed by atoms with van der Waals surface area (Å²) >= 11 is 1.14. The SMILES string of the molecule is CN(C)CCN(C(=O)Cc1ccc2c(c1)OCO2)c1nc2ccc(OC(F)(F)F)cc2s1.Cl. The van der Waals surface area contributed by atoms with E-state index in [-0.39, 0.29) is 37.3 Å². The first-order valence-electron chi connectivity index (χ1n) is 9.68. The van der Waals surface area contributed by atoms with Crippen LogP contribution in [0.3, 0.4) is 0 Å². The van der Waals surface area contributed by atoms with Gasteiger partial charge in [-0.1, -0.05) is 17.4 Å². The number of benzene rings is 2. The van der Waals surface area contributed by atoms with Gasteiger partial charge in [0.25, 0.3) is 0 Å². The van der Waals surface area contributed by atoms with Crippen LogP contribution in [0.2, 0.25) is 0 Å². The average molecular weight is 504 g/mol. The Kier molecular flexibility index (Phi) is 7.55. The van der Waals surface area contributed by atoms with Gasteiger partial charge in [0.1, 0.15) is 5.75 Å². The van der Waals surface area contributed by atoms with Crippen molar-refractivity contribution in [3.63, 3.8) is 0 Å². The number of likely N-dealkylation sites (N-methyl/N-ethyl adjacent to an activating group) is 1. The highest BCUT2D eigenvalue weighted by Crippen LogP contribution is 2.35. The van der Waals surface area contributed by atoms with Gasteiger partial charge in [0.15, 0.2) is 16.6 Å². The van der Waals surface area contributed by atoms with Crippen molar-refractivity contribution in [2.75, 3.05) is 38.9 Å². The van der Waals surface area contributed by atoms with Crippen molar-refractivity contribution in [3.05, 3.63) is 42.0 Å². The smallest absolute Gasteiger partial charge is 0.454 e. The highest BCUT2D eigenvalue weighted by molar-refractivity contribution is 7.22. The molecule has 0 bridgehead atoms. The number of amides is 1. The number of thiazole rings is 1. The Balaban J connectivity index is 0.00000306. The molecular formula is C21H21ClF3N3O4S. The molecule has 0 aliphatic carbocycles. The number of aromatic nitrogens is 1. The third-order valence-electron chi connectivity index (χ3n) is 4.68. The van der Waals surface area contributed by atoms with Crippen molar-refractivity contribution in [1.29, 1.82) is 0 Å². The van der Waals surface area contributed by atoms with E-state index in [1.807, 2.05) is 19.0 Å². The summed E-state index contributed by atoms with van der Waals surface area (Å²) in [6, 6.07) is 9.25. The number of hydrogen-bond acceptors (Lipinski definition) is 7. The molecular weight excluding hydrogens is 483 g/mol. The van der Waals surface area contributed by atoms with Crippen molar-refractivity contribution in [2.45, 2.75) is 12.8 Å². The van der Waals surface area contributed by atoms with Crippen LogP contribution in [0.4, 0.5) is 18.3 Å². The molecule has 2 heterocycles. The first-order valence-corrected chi connectivity index (χ1v) is 10.5. The second-order valence-corrected chi connectivity index (χ2v) is 8.40. The van der Waals surface area contributed by atoms with Gasteiger partial charge in [-0.2, -0.15) is 0 Å². The second-order valence-electron chi connectivity index (χ2n) is 7.39. The molecule has 0 unspecified atom stereocenters. The number of anilines is 1. The molecule has 0 radical (unpaired) electrons. The first kappa shape index (κ1) is 24.9. The number of ether oxygens (including phenoxy) is 3.